The summed E-state index contributed by atoms with van der Waals surface area (Å²) in [6, 6.07) is 0.0676. The number of carbonyl (C=O) groups is 1. The van der Waals surface area contributed by atoms with Crippen molar-refractivity contribution in [3.05, 3.63) is 0 Å². The van der Waals surface area contributed by atoms with Crippen molar-refractivity contribution >= 4 is 5.78 Å². The maximum Gasteiger partial charge on any atom is 0.149 e. The van der Waals surface area contributed by atoms with Gasteiger partial charge in [0.25, 0.3) is 0 Å². The molecule has 1 rings (SSSR count). The fraction of sp³-hybridized carbons (Fsp3) is 0.923. The van der Waals surface area contributed by atoms with Crippen LogP contribution in [0, 0.1) is 0 Å². The summed E-state index contributed by atoms with van der Waals surface area (Å²) >= 11 is 0. The molecule has 1 heterocycles. The molecule has 0 N–H and O–H groups in total. The Balaban J connectivity index is 2.40. The Kier molecular flexibility index (Phi) is 5.99. The van der Waals surface area contributed by atoms with E-state index in [1.54, 1.807) is 0 Å². The van der Waals surface area contributed by atoms with Crippen LogP contribution in [0.1, 0.15) is 46.5 Å². The molecule has 0 saturated carbocycles. The smallest absolute Gasteiger partial charge is 0.149 e. The van der Waals surface area contributed by atoms with Crippen molar-refractivity contribution in [3.8, 4) is 0 Å². The van der Waals surface area contributed by atoms with Gasteiger partial charge in [0.2, 0.25) is 0 Å². The third-order valence-electron chi connectivity index (χ3n) is 3.33. The molecule has 0 amide bonds. The molecule has 0 aliphatic carbocycles. The van der Waals surface area contributed by atoms with Crippen molar-refractivity contribution in [3.63, 3.8) is 0 Å². The highest BCUT2D eigenvalue weighted by atomic mass is 16.5. The first-order valence-corrected chi connectivity index (χ1v) is 6.57. The van der Waals surface area contributed by atoms with E-state index in [2.05, 4.69) is 11.8 Å². The normalized spacial score (nSPS) is 24.3. The first-order valence-electron chi connectivity index (χ1n) is 6.57. The van der Waals surface area contributed by atoms with Crippen molar-refractivity contribution < 1.29 is 9.53 Å². The summed E-state index contributed by atoms with van der Waals surface area (Å²) in [4.78, 5) is 13.9. The Hall–Kier alpha value is -0.410. The number of ketones is 1. The van der Waals surface area contributed by atoms with Gasteiger partial charge in [-0.15, -0.1) is 0 Å². The van der Waals surface area contributed by atoms with E-state index < -0.39 is 0 Å². The number of hydrogen-bond donors (Lipinski definition) is 0. The van der Waals surface area contributed by atoms with E-state index in [0.717, 1.165) is 39.0 Å². The van der Waals surface area contributed by atoms with Crippen LogP contribution in [-0.2, 0) is 9.53 Å². The SMILES string of the molecule is CCCOC1CCCN(C(C)C(=O)CC)C1. The second-order valence-electron chi connectivity index (χ2n) is 4.63. The summed E-state index contributed by atoms with van der Waals surface area (Å²) in [7, 11) is 0. The Morgan fingerprint density at radius 2 is 2.25 bits per heavy atom. The van der Waals surface area contributed by atoms with Gasteiger partial charge < -0.3 is 4.74 Å². The van der Waals surface area contributed by atoms with Gasteiger partial charge in [-0.2, -0.15) is 0 Å². The van der Waals surface area contributed by atoms with Crippen molar-refractivity contribution in [2.24, 2.45) is 0 Å². The average Bonchev–Trinajstić information content (AvgIpc) is 2.34. The number of ether oxygens (including phenoxy) is 1. The number of rotatable bonds is 6. The molecule has 0 aromatic rings. The van der Waals surface area contributed by atoms with Crippen LogP contribution < -0.4 is 0 Å². The average molecular weight is 227 g/mol. The van der Waals surface area contributed by atoms with Crippen LogP contribution in [0.2, 0.25) is 0 Å². The highest BCUT2D eigenvalue weighted by Crippen LogP contribution is 2.16. The number of Topliss-reactive ketones (excluding diaryl/α,β-unsaturated/α-hetero) is 1. The minimum Gasteiger partial charge on any atom is -0.377 e. The van der Waals surface area contributed by atoms with Gasteiger partial charge in [0, 0.05) is 19.6 Å². The molecule has 3 nitrogen and oxygen atoms in total. The molecular formula is C13H25NO2. The molecule has 2 atom stereocenters. The summed E-state index contributed by atoms with van der Waals surface area (Å²) in [5.74, 6) is 0.344. The fourth-order valence-corrected chi connectivity index (χ4v) is 2.24. The summed E-state index contributed by atoms with van der Waals surface area (Å²) in [5, 5.41) is 0. The number of piperidine rings is 1. The zero-order valence-corrected chi connectivity index (χ0v) is 10.9. The molecule has 16 heavy (non-hydrogen) atoms. The van der Waals surface area contributed by atoms with Gasteiger partial charge in [0.05, 0.1) is 12.1 Å². The zero-order valence-electron chi connectivity index (χ0n) is 10.9. The molecule has 2 unspecified atom stereocenters. The number of carbonyl (C=O) groups excluding carboxylic acids is 1. The number of hydrogen-bond acceptors (Lipinski definition) is 3. The summed E-state index contributed by atoms with van der Waals surface area (Å²) in [6.07, 6.45) is 4.33. The van der Waals surface area contributed by atoms with Crippen molar-refractivity contribution in [1.82, 2.24) is 4.90 Å². The Morgan fingerprint density at radius 3 is 2.88 bits per heavy atom. The minimum atomic E-state index is 0.0676. The minimum absolute atomic E-state index is 0.0676. The molecule has 0 spiro atoms. The van der Waals surface area contributed by atoms with E-state index in [9.17, 15) is 4.79 Å². The fourth-order valence-electron chi connectivity index (χ4n) is 2.24. The highest BCUT2D eigenvalue weighted by molar-refractivity contribution is 5.83. The van der Waals surface area contributed by atoms with E-state index in [4.69, 9.17) is 4.74 Å². The van der Waals surface area contributed by atoms with Crippen LogP contribution in [0.3, 0.4) is 0 Å². The maximum atomic E-state index is 11.6. The van der Waals surface area contributed by atoms with Crippen molar-refractivity contribution in [2.45, 2.75) is 58.6 Å². The van der Waals surface area contributed by atoms with Crippen molar-refractivity contribution in [2.75, 3.05) is 19.7 Å². The second-order valence-corrected chi connectivity index (χ2v) is 4.63. The van der Waals surface area contributed by atoms with Gasteiger partial charge in [-0.25, -0.2) is 0 Å². The van der Waals surface area contributed by atoms with Gasteiger partial charge in [-0.3, -0.25) is 9.69 Å². The predicted octanol–water partition coefficient (Wildman–Crippen LogP) is 2.25. The molecule has 0 aromatic heterocycles. The molecule has 3 heteroatoms. The highest BCUT2D eigenvalue weighted by Gasteiger charge is 2.26. The quantitative estimate of drug-likeness (QED) is 0.697. The van der Waals surface area contributed by atoms with Gasteiger partial charge in [0.1, 0.15) is 5.78 Å². The Bertz CT molecular complexity index is 218. The number of likely N-dealkylation sites (tertiary alicyclic amines) is 1. The van der Waals surface area contributed by atoms with Gasteiger partial charge in [0.15, 0.2) is 0 Å². The number of nitrogens with zero attached hydrogens (tertiary/aromatic N) is 1. The van der Waals surface area contributed by atoms with E-state index in [0.29, 0.717) is 18.3 Å². The van der Waals surface area contributed by atoms with Gasteiger partial charge in [-0.1, -0.05) is 13.8 Å². The lowest BCUT2D eigenvalue weighted by Crippen LogP contribution is -2.47. The van der Waals surface area contributed by atoms with E-state index in [-0.39, 0.29) is 6.04 Å². The predicted molar refractivity (Wildman–Crippen MR) is 65.6 cm³/mol. The molecule has 0 bridgehead atoms. The molecular weight excluding hydrogens is 202 g/mol. The monoisotopic (exact) mass is 227 g/mol. The second kappa shape index (κ2) is 7.02. The van der Waals surface area contributed by atoms with Crippen molar-refractivity contribution in [1.29, 1.82) is 0 Å². The summed E-state index contributed by atoms with van der Waals surface area (Å²) in [6.45, 7) is 8.89. The zero-order chi connectivity index (χ0) is 12.0. The third-order valence-corrected chi connectivity index (χ3v) is 3.33. The maximum absolute atomic E-state index is 11.6. The lowest BCUT2D eigenvalue weighted by molar-refractivity contribution is -0.125. The molecule has 1 aliphatic rings. The molecule has 0 aromatic carbocycles. The topological polar surface area (TPSA) is 29.5 Å². The van der Waals surface area contributed by atoms with Crippen LogP contribution >= 0.6 is 0 Å². The molecule has 0 radical (unpaired) electrons. The molecule has 1 fully saturated rings. The van der Waals surface area contributed by atoms with E-state index in [1.165, 1.54) is 0 Å². The van der Waals surface area contributed by atoms with Gasteiger partial charge >= 0.3 is 0 Å². The largest absolute Gasteiger partial charge is 0.377 e. The standard InChI is InChI=1S/C13H25NO2/c1-4-9-16-12-7-6-8-14(10-12)11(3)13(15)5-2/h11-12H,4-10H2,1-3H3. The van der Waals surface area contributed by atoms with Crippen LogP contribution in [0.25, 0.3) is 0 Å². The lowest BCUT2D eigenvalue weighted by Gasteiger charge is -2.35. The van der Waals surface area contributed by atoms with Crippen LogP contribution in [0.5, 0.6) is 0 Å². The lowest BCUT2D eigenvalue weighted by atomic mass is 10.0. The van der Waals surface area contributed by atoms with E-state index in [1.807, 2.05) is 13.8 Å². The molecule has 1 saturated heterocycles. The first kappa shape index (κ1) is 13.7. The Morgan fingerprint density at radius 1 is 1.50 bits per heavy atom. The Labute approximate surface area is 99.1 Å². The molecule has 1 aliphatic heterocycles. The first-order chi connectivity index (χ1) is 7.69. The van der Waals surface area contributed by atoms with Crippen LogP contribution in [0.4, 0.5) is 0 Å². The molecule has 94 valence electrons. The third kappa shape index (κ3) is 3.87. The summed E-state index contributed by atoms with van der Waals surface area (Å²) < 4.78 is 5.77. The van der Waals surface area contributed by atoms with E-state index >= 15 is 0 Å². The van der Waals surface area contributed by atoms with Gasteiger partial charge in [-0.05, 0) is 32.7 Å². The van der Waals surface area contributed by atoms with Crippen LogP contribution in [0.15, 0.2) is 0 Å². The summed E-state index contributed by atoms with van der Waals surface area (Å²) in [5.41, 5.74) is 0. The van der Waals surface area contributed by atoms with Crippen LogP contribution in [-0.4, -0.2) is 42.5 Å².